The number of hydrogen-bond acceptors (Lipinski definition) is 4. The third kappa shape index (κ3) is 3.00. The van der Waals surface area contributed by atoms with Crippen molar-refractivity contribution in [2.24, 2.45) is 0 Å². The molecular formula is C21H17N5O. The van der Waals surface area contributed by atoms with E-state index < -0.39 is 0 Å². The lowest BCUT2D eigenvalue weighted by atomic mass is 10.1. The maximum Gasteiger partial charge on any atom is 0.331 e. The van der Waals surface area contributed by atoms with E-state index in [0.717, 1.165) is 11.3 Å². The summed E-state index contributed by atoms with van der Waals surface area (Å²) >= 11 is 0. The molecule has 27 heavy (non-hydrogen) atoms. The lowest BCUT2D eigenvalue weighted by Gasteiger charge is -2.39. The van der Waals surface area contributed by atoms with E-state index in [2.05, 4.69) is 16.0 Å². The van der Waals surface area contributed by atoms with Crippen LogP contribution >= 0.6 is 0 Å². The van der Waals surface area contributed by atoms with E-state index >= 15 is 0 Å². The molecule has 1 unspecified atom stereocenters. The summed E-state index contributed by atoms with van der Waals surface area (Å²) in [5, 5.41) is 9.03. The molecule has 3 aromatic rings. The van der Waals surface area contributed by atoms with Gasteiger partial charge in [0.2, 0.25) is 0 Å². The molecule has 3 heterocycles. The van der Waals surface area contributed by atoms with Crippen LogP contribution < -0.4 is 4.90 Å². The first kappa shape index (κ1) is 16.7. The molecule has 6 nitrogen and oxygen atoms in total. The van der Waals surface area contributed by atoms with Gasteiger partial charge in [0.1, 0.15) is 5.82 Å². The van der Waals surface area contributed by atoms with Crippen molar-refractivity contribution in [2.45, 2.75) is 19.5 Å². The Bertz CT molecular complexity index is 1010. The SMILES string of the molecule is CC(c1ccccn1)N1Cc2cccnc2N(c2ccc(C#N)cc2)C1=O. The topological polar surface area (TPSA) is 73.1 Å². The fourth-order valence-electron chi connectivity index (χ4n) is 3.23. The Hall–Kier alpha value is -3.72. The van der Waals surface area contributed by atoms with E-state index in [9.17, 15) is 4.79 Å². The summed E-state index contributed by atoms with van der Waals surface area (Å²) in [5.41, 5.74) is 3.02. The van der Waals surface area contributed by atoms with Crippen LogP contribution in [-0.4, -0.2) is 20.9 Å². The van der Waals surface area contributed by atoms with Gasteiger partial charge in [-0.2, -0.15) is 5.26 Å². The average molecular weight is 355 g/mol. The van der Waals surface area contributed by atoms with Gasteiger partial charge in [-0.05, 0) is 49.4 Å². The fourth-order valence-corrected chi connectivity index (χ4v) is 3.23. The molecule has 4 rings (SSSR count). The summed E-state index contributed by atoms with van der Waals surface area (Å²) in [6, 6.07) is 18.2. The van der Waals surface area contributed by atoms with Crippen LogP contribution in [0.1, 0.15) is 29.8 Å². The average Bonchev–Trinajstić information content (AvgIpc) is 2.73. The molecule has 0 saturated heterocycles. The highest BCUT2D eigenvalue weighted by atomic mass is 16.2. The monoisotopic (exact) mass is 355 g/mol. The van der Waals surface area contributed by atoms with Crippen molar-refractivity contribution in [3.63, 3.8) is 0 Å². The number of amides is 2. The molecule has 0 aliphatic carbocycles. The van der Waals surface area contributed by atoms with Crippen LogP contribution in [-0.2, 0) is 6.54 Å². The smallest absolute Gasteiger partial charge is 0.311 e. The zero-order valence-corrected chi connectivity index (χ0v) is 14.8. The molecule has 0 fully saturated rings. The normalized spacial score (nSPS) is 14.4. The van der Waals surface area contributed by atoms with E-state index in [-0.39, 0.29) is 12.1 Å². The highest BCUT2D eigenvalue weighted by Crippen LogP contribution is 2.36. The van der Waals surface area contributed by atoms with Gasteiger partial charge in [0, 0.05) is 18.0 Å². The maximum absolute atomic E-state index is 13.4. The summed E-state index contributed by atoms with van der Waals surface area (Å²) in [6.07, 6.45) is 3.41. The number of urea groups is 1. The van der Waals surface area contributed by atoms with Gasteiger partial charge in [-0.15, -0.1) is 0 Å². The Morgan fingerprint density at radius 2 is 1.81 bits per heavy atom. The van der Waals surface area contributed by atoms with Crippen LogP contribution in [0, 0.1) is 11.3 Å². The first-order valence-electron chi connectivity index (χ1n) is 8.65. The first-order valence-corrected chi connectivity index (χ1v) is 8.65. The van der Waals surface area contributed by atoms with Crippen LogP contribution in [0.25, 0.3) is 0 Å². The van der Waals surface area contributed by atoms with Gasteiger partial charge in [-0.25, -0.2) is 14.7 Å². The summed E-state index contributed by atoms with van der Waals surface area (Å²) in [5.74, 6) is 0.622. The summed E-state index contributed by atoms with van der Waals surface area (Å²) in [7, 11) is 0. The number of carbonyl (C=O) groups excluding carboxylic acids is 1. The van der Waals surface area contributed by atoms with Crippen molar-refractivity contribution < 1.29 is 4.79 Å². The number of hydrogen-bond donors (Lipinski definition) is 0. The van der Waals surface area contributed by atoms with Gasteiger partial charge >= 0.3 is 6.03 Å². The minimum absolute atomic E-state index is 0.163. The van der Waals surface area contributed by atoms with Crippen molar-refractivity contribution in [3.05, 3.63) is 83.8 Å². The Balaban J connectivity index is 1.77. The summed E-state index contributed by atoms with van der Waals surface area (Å²) < 4.78 is 0. The Kier molecular flexibility index (Phi) is 4.27. The largest absolute Gasteiger partial charge is 0.331 e. The Labute approximate surface area is 157 Å². The Morgan fingerprint density at radius 3 is 2.52 bits per heavy atom. The number of fused-ring (bicyclic) bond motifs is 1. The fraction of sp³-hybridized carbons (Fsp3) is 0.143. The number of pyridine rings is 2. The molecule has 6 heteroatoms. The van der Waals surface area contributed by atoms with Crippen LogP contribution in [0.5, 0.6) is 0 Å². The minimum atomic E-state index is -0.187. The summed E-state index contributed by atoms with van der Waals surface area (Å²) in [4.78, 5) is 25.6. The van der Waals surface area contributed by atoms with Crippen molar-refractivity contribution in [1.82, 2.24) is 14.9 Å². The molecule has 1 aromatic carbocycles. The first-order chi connectivity index (χ1) is 13.2. The molecular weight excluding hydrogens is 338 g/mol. The molecule has 0 bridgehead atoms. The maximum atomic E-state index is 13.4. The van der Waals surface area contributed by atoms with Gasteiger partial charge in [0.25, 0.3) is 0 Å². The van der Waals surface area contributed by atoms with E-state index in [1.54, 1.807) is 46.5 Å². The number of nitrogens with zero attached hydrogens (tertiary/aromatic N) is 5. The molecule has 0 N–H and O–H groups in total. The Morgan fingerprint density at radius 1 is 1.04 bits per heavy atom. The van der Waals surface area contributed by atoms with Gasteiger partial charge < -0.3 is 4.90 Å². The van der Waals surface area contributed by atoms with Crippen molar-refractivity contribution >= 4 is 17.5 Å². The third-order valence-electron chi connectivity index (χ3n) is 4.69. The minimum Gasteiger partial charge on any atom is -0.311 e. The van der Waals surface area contributed by atoms with Crippen molar-refractivity contribution in [3.8, 4) is 6.07 Å². The lowest BCUT2D eigenvalue weighted by Crippen LogP contribution is -2.46. The number of anilines is 2. The van der Waals surface area contributed by atoms with Crippen LogP contribution in [0.4, 0.5) is 16.3 Å². The molecule has 132 valence electrons. The highest BCUT2D eigenvalue weighted by molar-refractivity contribution is 6.00. The molecule has 2 amide bonds. The predicted octanol–water partition coefficient (Wildman–Crippen LogP) is 4.18. The van der Waals surface area contributed by atoms with Gasteiger partial charge in [0.15, 0.2) is 0 Å². The molecule has 1 aliphatic heterocycles. The van der Waals surface area contributed by atoms with Crippen LogP contribution in [0.3, 0.4) is 0 Å². The van der Waals surface area contributed by atoms with E-state index in [1.165, 1.54) is 0 Å². The van der Waals surface area contributed by atoms with Crippen molar-refractivity contribution in [1.29, 1.82) is 5.26 Å². The van der Waals surface area contributed by atoms with E-state index in [1.807, 2.05) is 37.3 Å². The molecule has 0 spiro atoms. The summed E-state index contributed by atoms with van der Waals surface area (Å²) in [6.45, 7) is 2.44. The highest BCUT2D eigenvalue weighted by Gasteiger charge is 2.35. The van der Waals surface area contributed by atoms with Gasteiger partial charge in [-0.1, -0.05) is 12.1 Å². The standard InChI is InChI=1S/C21H17N5O/c1-15(19-6-2-3-11-23-19)25-14-17-5-4-12-24-20(17)26(21(25)27)18-9-7-16(13-22)8-10-18/h2-12,15H,14H2,1H3. The van der Waals surface area contributed by atoms with Gasteiger partial charge in [-0.3, -0.25) is 4.98 Å². The van der Waals surface area contributed by atoms with E-state index in [4.69, 9.17) is 5.26 Å². The number of carbonyl (C=O) groups is 1. The second-order valence-electron chi connectivity index (χ2n) is 6.32. The van der Waals surface area contributed by atoms with E-state index in [0.29, 0.717) is 23.6 Å². The van der Waals surface area contributed by atoms with Crippen LogP contribution in [0.15, 0.2) is 67.0 Å². The number of aromatic nitrogens is 2. The molecule has 0 radical (unpaired) electrons. The second kappa shape index (κ2) is 6.89. The van der Waals surface area contributed by atoms with Gasteiger partial charge in [0.05, 0.1) is 35.6 Å². The quantitative estimate of drug-likeness (QED) is 0.706. The third-order valence-corrected chi connectivity index (χ3v) is 4.69. The number of nitriles is 1. The number of benzene rings is 1. The lowest BCUT2D eigenvalue weighted by molar-refractivity contribution is 0.179. The number of rotatable bonds is 3. The zero-order chi connectivity index (χ0) is 18.8. The zero-order valence-electron chi connectivity index (χ0n) is 14.8. The molecule has 2 aromatic heterocycles. The predicted molar refractivity (Wildman–Crippen MR) is 101 cm³/mol. The molecule has 1 aliphatic rings. The van der Waals surface area contributed by atoms with Crippen LogP contribution in [0.2, 0.25) is 0 Å². The molecule has 0 saturated carbocycles. The second-order valence-corrected chi connectivity index (χ2v) is 6.32. The molecule has 1 atom stereocenters. The van der Waals surface area contributed by atoms with Crippen molar-refractivity contribution in [2.75, 3.05) is 4.90 Å².